The molecule has 0 unspecified atom stereocenters. The van der Waals surface area contributed by atoms with Crippen molar-refractivity contribution in [2.75, 3.05) is 0 Å². The zero-order valence-corrected chi connectivity index (χ0v) is 12.0. The summed E-state index contributed by atoms with van der Waals surface area (Å²) in [7, 11) is 0. The van der Waals surface area contributed by atoms with Gasteiger partial charge in [-0.15, -0.1) is 0 Å². The molecule has 1 aromatic carbocycles. The second-order valence-electron chi connectivity index (χ2n) is 5.13. The fourth-order valence-electron chi connectivity index (χ4n) is 2.84. The molecule has 2 nitrogen and oxygen atoms in total. The molecule has 1 aliphatic carbocycles. The van der Waals surface area contributed by atoms with Gasteiger partial charge in [-0.25, -0.2) is 0 Å². The number of rotatable bonds is 1. The van der Waals surface area contributed by atoms with Gasteiger partial charge in [0.25, 0.3) is 0 Å². The van der Waals surface area contributed by atoms with Crippen LogP contribution in [0.1, 0.15) is 44.1 Å². The minimum absolute atomic E-state index is 0.690. The summed E-state index contributed by atoms with van der Waals surface area (Å²) in [6.45, 7) is 0. The van der Waals surface area contributed by atoms with Crippen LogP contribution in [0.15, 0.2) is 38.9 Å². The third-order valence-electron chi connectivity index (χ3n) is 3.91. The number of nitrogens with zero attached hydrogens (tertiary/aromatic N) is 2. The molecule has 0 aromatic heterocycles. The second kappa shape index (κ2) is 5.35. The van der Waals surface area contributed by atoms with E-state index in [0.717, 1.165) is 23.0 Å². The van der Waals surface area contributed by atoms with E-state index in [9.17, 15) is 0 Å². The van der Waals surface area contributed by atoms with E-state index in [4.69, 9.17) is 0 Å². The number of benzene rings is 1. The molecule has 94 valence electrons. The van der Waals surface area contributed by atoms with Gasteiger partial charge in [-0.05, 0) is 55.7 Å². The van der Waals surface area contributed by atoms with Gasteiger partial charge in [-0.2, -0.15) is 10.2 Å². The maximum absolute atomic E-state index is 4.52. The minimum atomic E-state index is 0.690. The Labute approximate surface area is 116 Å². The van der Waals surface area contributed by atoms with Gasteiger partial charge in [0.05, 0.1) is 5.71 Å². The lowest BCUT2D eigenvalue weighted by atomic mass is 9.83. The number of halogens is 1. The van der Waals surface area contributed by atoms with Crippen molar-refractivity contribution in [3.8, 4) is 0 Å². The average molecular weight is 305 g/mol. The molecule has 0 N–H and O–H groups in total. The highest BCUT2D eigenvalue weighted by atomic mass is 79.9. The third-order valence-corrected chi connectivity index (χ3v) is 4.44. The van der Waals surface area contributed by atoms with E-state index in [0.29, 0.717) is 5.92 Å². The van der Waals surface area contributed by atoms with Gasteiger partial charge >= 0.3 is 0 Å². The number of hydrogen-bond acceptors (Lipinski definition) is 2. The van der Waals surface area contributed by atoms with E-state index < -0.39 is 0 Å². The van der Waals surface area contributed by atoms with Crippen LogP contribution in [-0.4, -0.2) is 11.4 Å². The van der Waals surface area contributed by atoms with Crippen molar-refractivity contribution in [3.63, 3.8) is 0 Å². The van der Waals surface area contributed by atoms with E-state index in [1.54, 1.807) is 0 Å². The number of fused-ring (bicyclic) bond motifs is 1. The van der Waals surface area contributed by atoms with Crippen LogP contribution < -0.4 is 0 Å². The Kier molecular flexibility index (Phi) is 3.59. The number of hydrogen-bond donors (Lipinski definition) is 0. The molecule has 0 spiro atoms. The fourth-order valence-corrected chi connectivity index (χ4v) is 3.10. The Hall–Kier alpha value is -0.960. The molecule has 0 saturated heterocycles. The van der Waals surface area contributed by atoms with Crippen LogP contribution in [0.4, 0.5) is 0 Å². The first-order chi connectivity index (χ1) is 8.83. The maximum Gasteiger partial charge on any atom is 0.0702 e. The molecule has 1 heterocycles. The van der Waals surface area contributed by atoms with E-state index in [1.807, 2.05) is 0 Å². The van der Waals surface area contributed by atoms with E-state index in [2.05, 4.69) is 50.4 Å². The van der Waals surface area contributed by atoms with Crippen LogP contribution in [0.5, 0.6) is 0 Å². The molecular weight excluding hydrogens is 288 g/mol. The molecule has 1 fully saturated rings. The van der Waals surface area contributed by atoms with Gasteiger partial charge < -0.3 is 0 Å². The third kappa shape index (κ3) is 2.56. The van der Waals surface area contributed by atoms with Gasteiger partial charge in [-0.1, -0.05) is 34.5 Å². The van der Waals surface area contributed by atoms with Crippen molar-refractivity contribution in [1.82, 2.24) is 0 Å². The highest BCUT2D eigenvalue weighted by Crippen LogP contribution is 2.28. The SMILES string of the molecule is Brc1ccc(C2=NN=C3CCCC[C@@H]3CC2)cc1. The van der Waals surface area contributed by atoms with Crippen LogP contribution in [-0.2, 0) is 0 Å². The van der Waals surface area contributed by atoms with Crippen molar-refractivity contribution in [3.05, 3.63) is 34.3 Å². The summed E-state index contributed by atoms with van der Waals surface area (Å²) in [5.41, 5.74) is 3.69. The zero-order valence-electron chi connectivity index (χ0n) is 10.4. The Bertz CT molecular complexity index is 488. The first-order valence-electron chi connectivity index (χ1n) is 6.72. The summed E-state index contributed by atoms with van der Waals surface area (Å²) in [4.78, 5) is 0. The molecule has 1 aliphatic heterocycles. The lowest BCUT2D eigenvalue weighted by Crippen LogP contribution is -2.18. The summed E-state index contributed by atoms with van der Waals surface area (Å²) in [6, 6.07) is 8.39. The molecule has 2 aliphatic rings. The van der Waals surface area contributed by atoms with Crippen molar-refractivity contribution in [1.29, 1.82) is 0 Å². The lowest BCUT2D eigenvalue weighted by Gasteiger charge is -2.21. The van der Waals surface area contributed by atoms with Gasteiger partial charge in [0.1, 0.15) is 0 Å². The quantitative estimate of drug-likeness (QED) is 0.725. The summed E-state index contributed by atoms with van der Waals surface area (Å²) >= 11 is 3.47. The monoisotopic (exact) mass is 304 g/mol. The molecule has 1 atom stereocenters. The molecule has 18 heavy (non-hydrogen) atoms. The van der Waals surface area contributed by atoms with Crippen LogP contribution in [0, 0.1) is 5.92 Å². The second-order valence-corrected chi connectivity index (χ2v) is 6.04. The van der Waals surface area contributed by atoms with Crippen LogP contribution in [0.3, 0.4) is 0 Å². The first kappa shape index (κ1) is 12.1. The normalized spacial score (nSPS) is 23.7. The van der Waals surface area contributed by atoms with Gasteiger partial charge in [-0.3, -0.25) is 0 Å². The van der Waals surface area contributed by atoms with Crippen molar-refractivity contribution in [2.24, 2.45) is 16.1 Å². The summed E-state index contributed by atoms with van der Waals surface area (Å²) in [6.07, 6.45) is 7.38. The summed E-state index contributed by atoms with van der Waals surface area (Å²) in [5.74, 6) is 0.690. The molecule has 0 radical (unpaired) electrons. The van der Waals surface area contributed by atoms with E-state index in [1.165, 1.54) is 37.0 Å². The molecule has 3 heteroatoms. The molecule has 1 aromatic rings. The van der Waals surface area contributed by atoms with Crippen LogP contribution in [0.25, 0.3) is 0 Å². The Balaban J connectivity index is 1.84. The highest BCUT2D eigenvalue weighted by molar-refractivity contribution is 9.10. The smallest absolute Gasteiger partial charge is 0.0702 e. The predicted octanol–water partition coefficient (Wildman–Crippen LogP) is 4.58. The minimum Gasteiger partial charge on any atom is -0.160 e. The molecular formula is C15H17BrN2. The Morgan fingerprint density at radius 2 is 1.78 bits per heavy atom. The fraction of sp³-hybridized carbons (Fsp3) is 0.467. The predicted molar refractivity (Wildman–Crippen MR) is 79.3 cm³/mol. The average Bonchev–Trinajstić information content (AvgIpc) is 2.62. The van der Waals surface area contributed by atoms with Gasteiger partial charge in [0, 0.05) is 10.2 Å². The van der Waals surface area contributed by atoms with E-state index >= 15 is 0 Å². The standard InChI is InChI=1S/C15H17BrN2/c16-13-8-5-12(6-9-13)15-10-7-11-3-1-2-4-14(11)17-18-15/h5-6,8-9,11H,1-4,7,10H2/t11-/m1/s1. The van der Waals surface area contributed by atoms with Crippen LogP contribution >= 0.6 is 15.9 Å². The van der Waals surface area contributed by atoms with Crippen molar-refractivity contribution in [2.45, 2.75) is 38.5 Å². The largest absolute Gasteiger partial charge is 0.160 e. The van der Waals surface area contributed by atoms with E-state index in [-0.39, 0.29) is 0 Å². The highest BCUT2D eigenvalue weighted by Gasteiger charge is 2.23. The summed E-state index contributed by atoms with van der Waals surface area (Å²) < 4.78 is 1.11. The van der Waals surface area contributed by atoms with Gasteiger partial charge in [0.15, 0.2) is 0 Å². The van der Waals surface area contributed by atoms with Crippen molar-refractivity contribution < 1.29 is 0 Å². The first-order valence-corrected chi connectivity index (χ1v) is 7.51. The van der Waals surface area contributed by atoms with Crippen LogP contribution in [0.2, 0.25) is 0 Å². The zero-order chi connectivity index (χ0) is 12.4. The van der Waals surface area contributed by atoms with Gasteiger partial charge in [0.2, 0.25) is 0 Å². The Morgan fingerprint density at radius 3 is 2.61 bits per heavy atom. The van der Waals surface area contributed by atoms with Crippen molar-refractivity contribution >= 4 is 27.4 Å². The topological polar surface area (TPSA) is 24.7 Å². The molecule has 1 saturated carbocycles. The lowest BCUT2D eigenvalue weighted by molar-refractivity contribution is 0.507. The summed E-state index contributed by atoms with van der Waals surface area (Å²) in [5, 5.41) is 9.02. The molecule has 0 amide bonds. The maximum atomic E-state index is 4.52. The molecule has 3 rings (SSSR count). The Morgan fingerprint density at radius 1 is 0.944 bits per heavy atom. The molecule has 0 bridgehead atoms.